The summed E-state index contributed by atoms with van der Waals surface area (Å²) < 4.78 is 2.14. The highest BCUT2D eigenvalue weighted by Crippen LogP contribution is 2.47. The molecule has 0 unspecified atom stereocenters. The molecule has 1 amide bonds. The van der Waals surface area contributed by atoms with Crippen LogP contribution >= 0.6 is 0 Å². The van der Waals surface area contributed by atoms with Crippen molar-refractivity contribution in [1.29, 1.82) is 0 Å². The Hall–Kier alpha value is -2.14. The first kappa shape index (κ1) is 17.3. The van der Waals surface area contributed by atoms with Crippen LogP contribution in [0.2, 0.25) is 0 Å². The number of imidazole rings is 1. The van der Waals surface area contributed by atoms with Gasteiger partial charge >= 0.3 is 0 Å². The molecule has 2 fully saturated rings. The Kier molecular flexibility index (Phi) is 5.34. The van der Waals surface area contributed by atoms with Gasteiger partial charge in [-0.25, -0.2) is 4.98 Å². The normalized spacial score (nSPS) is 22.9. The molecule has 0 bridgehead atoms. The quantitative estimate of drug-likeness (QED) is 0.804. The number of piperidine rings is 1. The van der Waals surface area contributed by atoms with Gasteiger partial charge in [-0.05, 0) is 56.2 Å². The summed E-state index contributed by atoms with van der Waals surface area (Å²) in [7, 11) is 0. The maximum absolute atomic E-state index is 12.5. The first-order valence-corrected chi connectivity index (χ1v) is 9.83. The van der Waals surface area contributed by atoms with Crippen molar-refractivity contribution in [3.63, 3.8) is 0 Å². The topological polar surface area (TPSA) is 59.0 Å². The van der Waals surface area contributed by atoms with Gasteiger partial charge < -0.3 is 15.2 Å². The van der Waals surface area contributed by atoms with Crippen molar-refractivity contribution in [3.8, 4) is 0 Å². The molecule has 26 heavy (non-hydrogen) atoms. The predicted molar refractivity (Wildman–Crippen MR) is 101 cm³/mol. The summed E-state index contributed by atoms with van der Waals surface area (Å²) in [5.74, 6) is 2.72. The number of aryl methyl sites for hydroxylation is 2. The van der Waals surface area contributed by atoms with Crippen LogP contribution in [0.1, 0.15) is 30.7 Å². The minimum atomic E-state index is 0.214. The largest absolute Gasteiger partial charge is 0.349 e. The molecule has 2 N–H and O–H groups in total. The van der Waals surface area contributed by atoms with E-state index in [-0.39, 0.29) is 11.8 Å². The molecule has 1 aliphatic carbocycles. The number of benzene rings is 1. The average Bonchev–Trinajstić information content (AvgIpc) is 3.38. The SMILES string of the molecule is O=C(NCc1nccn1CCc1ccccc1)[C@@H]1C[C@H]1C1CCNCC1. The number of carbonyl (C=O) groups is 1. The Morgan fingerprint density at radius 3 is 2.85 bits per heavy atom. The van der Waals surface area contributed by atoms with E-state index in [1.165, 1.54) is 18.4 Å². The van der Waals surface area contributed by atoms with Crippen LogP contribution in [-0.4, -0.2) is 28.5 Å². The van der Waals surface area contributed by atoms with E-state index in [0.717, 1.165) is 44.2 Å². The van der Waals surface area contributed by atoms with Gasteiger partial charge in [-0.3, -0.25) is 4.79 Å². The second-order valence-electron chi connectivity index (χ2n) is 7.58. The summed E-state index contributed by atoms with van der Waals surface area (Å²) >= 11 is 0. The number of rotatable bonds is 7. The van der Waals surface area contributed by atoms with Crippen molar-refractivity contribution in [1.82, 2.24) is 20.2 Å². The molecule has 4 rings (SSSR count). The number of nitrogens with zero attached hydrogens (tertiary/aromatic N) is 2. The average molecular weight is 352 g/mol. The third-order valence-corrected chi connectivity index (χ3v) is 5.87. The fourth-order valence-corrected chi connectivity index (χ4v) is 4.21. The highest BCUT2D eigenvalue weighted by molar-refractivity contribution is 5.81. The van der Waals surface area contributed by atoms with E-state index in [9.17, 15) is 4.79 Å². The van der Waals surface area contributed by atoms with Gasteiger partial charge in [-0.2, -0.15) is 0 Å². The summed E-state index contributed by atoms with van der Waals surface area (Å²) in [6.07, 6.45) is 8.30. The zero-order valence-electron chi connectivity index (χ0n) is 15.2. The van der Waals surface area contributed by atoms with Crippen LogP contribution in [0.5, 0.6) is 0 Å². The molecular formula is C21H28N4O. The van der Waals surface area contributed by atoms with Gasteiger partial charge in [0.15, 0.2) is 0 Å². The first-order valence-electron chi connectivity index (χ1n) is 9.83. The highest BCUT2D eigenvalue weighted by Gasteiger charge is 2.47. The van der Waals surface area contributed by atoms with Crippen LogP contribution in [0.4, 0.5) is 0 Å². The summed E-state index contributed by atoms with van der Waals surface area (Å²) in [4.78, 5) is 16.9. The third-order valence-electron chi connectivity index (χ3n) is 5.87. The smallest absolute Gasteiger partial charge is 0.223 e. The van der Waals surface area contributed by atoms with Crippen LogP contribution in [-0.2, 0) is 24.3 Å². The van der Waals surface area contributed by atoms with E-state index in [1.807, 2.05) is 18.5 Å². The number of nitrogens with one attached hydrogen (secondary N) is 2. The Labute approximate surface area is 155 Å². The van der Waals surface area contributed by atoms with Gasteiger partial charge in [0.05, 0.1) is 6.54 Å². The highest BCUT2D eigenvalue weighted by atomic mass is 16.2. The Bertz CT molecular complexity index is 721. The van der Waals surface area contributed by atoms with Crippen LogP contribution in [0.25, 0.3) is 0 Å². The van der Waals surface area contributed by atoms with Gasteiger partial charge in [-0.15, -0.1) is 0 Å². The number of hydrogen-bond donors (Lipinski definition) is 2. The zero-order chi connectivity index (χ0) is 17.8. The number of amides is 1. The maximum atomic E-state index is 12.5. The fraction of sp³-hybridized carbons (Fsp3) is 0.524. The molecule has 1 aromatic heterocycles. The monoisotopic (exact) mass is 352 g/mol. The third kappa shape index (κ3) is 4.15. The van der Waals surface area contributed by atoms with Crippen molar-refractivity contribution in [2.75, 3.05) is 13.1 Å². The Balaban J connectivity index is 1.25. The molecule has 2 heterocycles. The summed E-state index contributed by atoms with van der Waals surface area (Å²) in [5, 5.41) is 6.52. The van der Waals surface area contributed by atoms with Crippen molar-refractivity contribution < 1.29 is 4.79 Å². The molecule has 2 aliphatic rings. The van der Waals surface area contributed by atoms with Gasteiger partial charge in [0.25, 0.3) is 0 Å². The van der Waals surface area contributed by atoms with Crippen molar-refractivity contribution in [2.24, 2.45) is 17.8 Å². The molecular weight excluding hydrogens is 324 g/mol. The number of carbonyl (C=O) groups excluding carboxylic acids is 1. The lowest BCUT2D eigenvalue weighted by molar-refractivity contribution is -0.123. The lowest BCUT2D eigenvalue weighted by Crippen LogP contribution is -2.31. The van der Waals surface area contributed by atoms with Crippen molar-refractivity contribution >= 4 is 5.91 Å². The second kappa shape index (κ2) is 8.04. The van der Waals surface area contributed by atoms with E-state index in [1.54, 1.807) is 0 Å². The standard InChI is InChI=1S/C21H28N4O/c26-21(19-14-18(19)17-6-9-22-10-7-17)24-15-20-23-11-13-25(20)12-8-16-4-2-1-3-5-16/h1-5,11,13,17-19,22H,6-10,12,14-15H2,(H,24,26)/t18-,19+/m0/s1. The van der Waals surface area contributed by atoms with E-state index in [2.05, 4.69) is 44.5 Å². The van der Waals surface area contributed by atoms with E-state index < -0.39 is 0 Å². The minimum absolute atomic E-state index is 0.214. The fourth-order valence-electron chi connectivity index (χ4n) is 4.21. The van der Waals surface area contributed by atoms with Crippen LogP contribution < -0.4 is 10.6 Å². The Morgan fingerprint density at radius 1 is 1.23 bits per heavy atom. The van der Waals surface area contributed by atoms with E-state index >= 15 is 0 Å². The molecule has 1 aliphatic heterocycles. The minimum Gasteiger partial charge on any atom is -0.349 e. The maximum Gasteiger partial charge on any atom is 0.223 e. The van der Waals surface area contributed by atoms with Crippen LogP contribution in [0.3, 0.4) is 0 Å². The van der Waals surface area contributed by atoms with E-state index in [4.69, 9.17) is 0 Å². The van der Waals surface area contributed by atoms with Crippen molar-refractivity contribution in [3.05, 3.63) is 54.1 Å². The molecule has 2 atom stereocenters. The predicted octanol–water partition coefficient (Wildman–Crippen LogP) is 2.38. The molecule has 138 valence electrons. The van der Waals surface area contributed by atoms with Crippen LogP contribution in [0, 0.1) is 17.8 Å². The van der Waals surface area contributed by atoms with Gasteiger partial charge in [0, 0.05) is 24.9 Å². The lowest BCUT2D eigenvalue weighted by atomic mass is 9.92. The molecule has 5 nitrogen and oxygen atoms in total. The summed E-state index contributed by atoms with van der Waals surface area (Å²) in [5.41, 5.74) is 1.32. The van der Waals surface area contributed by atoms with Gasteiger partial charge in [-0.1, -0.05) is 30.3 Å². The second-order valence-corrected chi connectivity index (χ2v) is 7.58. The molecule has 1 saturated heterocycles. The molecule has 0 spiro atoms. The molecule has 2 aromatic rings. The van der Waals surface area contributed by atoms with E-state index in [0.29, 0.717) is 12.5 Å². The zero-order valence-corrected chi connectivity index (χ0v) is 15.2. The molecule has 5 heteroatoms. The first-order chi connectivity index (χ1) is 12.8. The lowest BCUT2D eigenvalue weighted by Gasteiger charge is -2.22. The molecule has 0 radical (unpaired) electrons. The molecule has 1 aromatic carbocycles. The van der Waals surface area contributed by atoms with Crippen LogP contribution in [0.15, 0.2) is 42.7 Å². The Morgan fingerprint density at radius 2 is 2.04 bits per heavy atom. The number of hydrogen-bond acceptors (Lipinski definition) is 3. The van der Waals surface area contributed by atoms with Crippen molar-refractivity contribution in [2.45, 2.75) is 38.8 Å². The number of aromatic nitrogens is 2. The summed E-state index contributed by atoms with van der Waals surface area (Å²) in [6.45, 7) is 3.62. The molecule has 1 saturated carbocycles. The van der Waals surface area contributed by atoms with Gasteiger partial charge in [0.2, 0.25) is 5.91 Å². The summed E-state index contributed by atoms with van der Waals surface area (Å²) in [6, 6.07) is 10.5. The van der Waals surface area contributed by atoms with Gasteiger partial charge in [0.1, 0.15) is 5.82 Å².